The van der Waals surface area contributed by atoms with Crippen molar-refractivity contribution in [1.82, 2.24) is 25.1 Å². The minimum absolute atomic E-state index is 0.120. The Morgan fingerprint density at radius 3 is 2.66 bits per heavy atom. The van der Waals surface area contributed by atoms with E-state index in [-0.39, 0.29) is 31.0 Å². The first-order chi connectivity index (χ1) is 19.8. The van der Waals surface area contributed by atoms with E-state index in [0.717, 1.165) is 36.1 Å². The number of benzene rings is 2. The lowest BCUT2D eigenvalue weighted by molar-refractivity contribution is -0.122. The van der Waals surface area contributed by atoms with Gasteiger partial charge in [-0.2, -0.15) is 0 Å². The quantitative estimate of drug-likeness (QED) is 0.335. The van der Waals surface area contributed by atoms with Crippen LogP contribution in [0.25, 0.3) is 11.3 Å². The van der Waals surface area contributed by atoms with Crippen molar-refractivity contribution in [3.8, 4) is 11.3 Å². The van der Waals surface area contributed by atoms with Crippen molar-refractivity contribution < 1.29 is 19.4 Å². The number of carbonyl (C=O) groups excluding carboxylic acids is 2. The number of carbonyl (C=O) groups is 2. The molecule has 5 rings (SSSR count). The molecule has 2 aliphatic rings. The maximum absolute atomic E-state index is 13.3. The summed E-state index contributed by atoms with van der Waals surface area (Å²) in [6, 6.07) is 13.0. The zero-order valence-corrected chi connectivity index (χ0v) is 24.0. The lowest BCUT2D eigenvalue weighted by atomic mass is 10.0. The number of halogens is 1. The molecule has 3 aromatic rings. The van der Waals surface area contributed by atoms with Gasteiger partial charge < -0.3 is 30.3 Å². The number of aliphatic hydroxyl groups excluding tert-OH is 1. The molecule has 216 valence electrons. The summed E-state index contributed by atoms with van der Waals surface area (Å²) in [5.41, 5.74) is 4.51. The molecule has 1 atom stereocenters. The van der Waals surface area contributed by atoms with Crippen molar-refractivity contribution >= 4 is 29.4 Å². The fraction of sp³-hybridized carbons (Fsp3) is 0.400. The van der Waals surface area contributed by atoms with Gasteiger partial charge in [-0.1, -0.05) is 48.0 Å². The third kappa shape index (κ3) is 7.02. The number of rotatable bonds is 10. The fourth-order valence-electron chi connectivity index (χ4n) is 5.17. The number of hydrogen-bond donors (Lipinski definition) is 3. The second-order valence-electron chi connectivity index (χ2n) is 10.7. The predicted octanol–water partition coefficient (Wildman–Crippen LogP) is 3.26. The number of aliphatic hydroxyl groups is 1. The van der Waals surface area contributed by atoms with E-state index in [4.69, 9.17) is 16.3 Å². The van der Waals surface area contributed by atoms with Crippen LogP contribution in [0.2, 0.25) is 5.02 Å². The summed E-state index contributed by atoms with van der Waals surface area (Å²) < 4.78 is 5.42. The lowest BCUT2D eigenvalue weighted by Crippen LogP contribution is -2.40. The van der Waals surface area contributed by atoms with Crippen molar-refractivity contribution in [3.05, 3.63) is 75.9 Å². The molecule has 1 fully saturated rings. The van der Waals surface area contributed by atoms with Crippen molar-refractivity contribution in [3.63, 3.8) is 0 Å². The van der Waals surface area contributed by atoms with Crippen LogP contribution in [-0.2, 0) is 22.6 Å². The first-order valence-corrected chi connectivity index (χ1v) is 14.1. The van der Waals surface area contributed by atoms with Crippen LogP contribution in [0.5, 0.6) is 0 Å². The third-order valence-electron chi connectivity index (χ3n) is 7.29. The average molecular weight is 579 g/mol. The highest BCUT2D eigenvalue weighted by molar-refractivity contribution is 6.33. The number of anilines is 1. The molecular formula is C30H35ClN6O4. The van der Waals surface area contributed by atoms with Crippen LogP contribution in [0.3, 0.4) is 0 Å². The fourth-order valence-corrected chi connectivity index (χ4v) is 5.37. The minimum atomic E-state index is -0.563. The number of fused-ring (bicyclic) bond motifs is 1. The van der Waals surface area contributed by atoms with E-state index in [9.17, 15) is 14.7 Å². The molecule has 0 spiro atoms. The third-order valence-corrected chi connectivity index (χ3v) is 7.57. The summed E-state index contributed by atoms with van der Waals surface area (Å²) in [4.78, 5) is 38.7. The Balaban J connectivity index is 1.24. The van der Waals surface area contributed by atoms with Crippen LogP contribution < -0.4 is 10.6 Å². The van der Waals surface area contributed by atoms with Gasteiger partial charge in [0.2, 0.25) is 11.9 Å². The van der Waals surface area contributed by atoms with E-state index in [1.807, 2.05) is 50.5 Å². The van der Waals surface area contributed by atoms with E-state index >= 15 is 0 Å². The molecule has 2 amide bonds. The number of hydrogen-bond acceptors (Lipinski definition) is 8. The number of nitrogens with one attached hydrogen (secondary N) is 2. The Hall–Kier alpha value is -3.57. The van der Waals surface area contributed by atoms with E-state index in [0.29, 0.717) is 47.6 Å². The molecule has 41 heavy (non-hydrogen) atoms. The molecule has 1 aromatic heterocycles. The van der Waals surface area contributed by atoms with Gasteiger partial charge in [0.15, 0.2) is 0 Å². The van der Waals surface area contributed by atoms with Crippen molar-refractivity contribution in [2.45, 2.75) is 38.0 Å². The summed E-state index contributed by atoms with van der Waals surface area (Å²) in [6.45, 7) is 2.15. The van der Waals surface area contributed by atoms with Gasteiger partial charge in [-0.25, -0.2) is 9.97 Å². The van der Waals surface area contributed by atoms with Crippen molar-refractivity contribution in [2.75, 3.05) is 45.8 Å². The molecule has 3 heterocycles. The summed E-state index contributed by atoms with van der Waals surface area (Å²) in [5, 5.41) is 16.5. The predicted molar refractivity (Wildman–Crippen MR) is 156 cm³/mol. The Morgan fingerprint density at radius 2 is 1.95 bits per heavy atom. The van der Waals surface area contributed by atoms with E-state index in [1.54, 1.807) is 12.3 Å². The molecule has 0 aliphatic carbocycles. The van der Waals surface area contributed by atoms with Crippen molar-refractivity contribution in [2.24, 2.45) is 0 Å². The average Bonchev–Trinajstić information content (AvgIpc) is 3.27. The summed E-state index contributed by atoms with van der Waals surface area (Å²) in [6.07, 6.45) is 3.31. The Kier molecular flexibility index (Phi) is 9.14. The van der Waals surface area contributed by atoms with Crippen LogP contribution in [0.4, 0.5) is 5.95 Å². The smallest absolute Gasteiger partial charge is 0.254 e. The number of amides is 2. The molecule has 11 heteroatoms. The molecule has 10 nitrogen and oxygen atoms in total. The number of nitrogens with zero attached hydrogens (tertiary/aromatic N) is 4. The van der Waals surface area contributed by atoms with Crippen molar-refractivity contribution in [1.29, 1.82) is 0 Å². The highest BCUT2D eigenvalue weighted by Gasteiger charge is 2.30. The molecule has 0 unspecified atom stereocenters. The standard InChI is InChI=1S/C30H35ClN6O4/c1-36(2)15-19-3-5-20(6-4-19)26(18-38)34-27(39)17-37-16-22-8-7-21(13-24(22)29(37)40)28-25(31)14-32-30(35-28)33-23-9-11-41-12-10-23/h3-8,13-14,23,26,38H,9-12,15-18H2,1-2H3,(H,34,39)(H,32,33,35)/t26-/m1/s1. The molecule has 1 saturated heterocycles. The van der Waals surface area contributed by atoms with Crippen LogP contribution >= 0.6 is 11.6 Å². The van der Waals surface area contributed by atoms with Crippen LogP contribution in [0.1, 0.15) is 45.9 Å². The van der Waals surface area contributed by atoms with E-state index < -0.39 is 6.04 Å². The Morgan fingerprint density at radius 1 is 1.20 bits per heavy atom. The second kappa shape index (κ2) is 12.9. The highest BCUT2D eigenvalue weighted by Crippen LogP contribution is 2.31. The summed E-state index contributed by atoms with van der Waals surface area (Å²) in [5.74, 6) is -0.103. The van der Waals surface area contributed by atoms with E-state index in [2.05, 4.69) is 25.5 Å². The molecule has 2 aromatic carbocycles. The Labute approximate surface area is 244 Å². The highest BCUT2D eigenvalue weighted by atomic mass is 35.5. The van der Waals surface area contributed by atoms with Gasteiger partial charge in [0.05, 0.1) is 29.6 Å². The minimum Gasteiger partial charge on any atom is -0.394 e. The van der Waals surface area contributed by atoms with Crippen LogP contribution in [-0.4, -0.2) is 83.2 Å². The Bertz CT molecular complexity index is 1390. The largest absolute Gasteiger partial charge is 0.394 e. The summed E-state index contributed by atoms with van der Waals surface area (Å²) in [7, 11) is 3.99. The molecular weight excluding hydrogens is 544 g/mol. The molecule has 0 bridgehead atoms. The molecule has 0 saturated carbocycles. The second-order valence-corrected chi connectivity index (χ2v) is 11.1. The van der Waals surface area contributed by atoms with Gasteiger partial charge in [-0.15, -0.1) is 0 Å². The molecule has 0 radical (unpaired) electrons. The first kappa shape index (κ1) is 28.9. The molecule has 3 N–H and O–H groups in total. The summed E-state index contributed by atoms with van der Waals surface area (Å²) >= 11 is 6.46. The van der Waals surface area contributed by atoms with Gasteiger partial charge in [-0.3, -0.25) is 9.59 Å². The SMILES string of the molecule is CN(C)Cc1ccc([C@@H](CO)NC(=O)CN2Cc3ccc(-c4nc(NC5CCOCC5)ncc4Cl)cc3C2=O)cc1. The maximum Gasteiger partial charge on any atom is 0.254 e. The van der Waals surface area contributed by atoms with Gasteiger partial charge in [0, 0.05) is 43.5 Å². The number of ether oxygens (including phenoxy) is 1. The topological polar surface area (TPSA) is 120 Å². The maximum atomic E-state index is 13.3. The lowest BCUT2D eigenvalue weighted by Gasteiger charge is -2.23. The van der Waals surface area contributed by atoms with E-state index in [1.165, 1.54) is 4.90 Å². The van der Waals surface area contributed by atoms with Gasteiger partial charge in [0.25, 0.3) is 5.91 Å². The van der Waals surface area contributed by atoms with Gasteiger partial charge >= 0.3 is 0 Å². The number of aromatic nitrogens is 2. The van der Waals surface area contributed by atoms with Crippen LogP contribution in [0, 0.1) is 0 Å². The monoisotopic (exact) mass is 578 g/mol. The van der Waals surface area contributed by atoms with Gasteiger partial charge in [0.1, 0.15) is 6.54 Å². The zero-order chi connectivity index (χ0) is 28.9. The van der Waals surface area contributed by atoms with Gasteiger partial charge in [-0.05, 0) is 49.7 Å². The normalized spacial score (nSPS) is 16.1. The zero-order valence-electron chi connectivity index (χ0n) is 23.3. The first-order valence-electron chi connectivity index (χ1n) is 13.7. The van der Waals surface area contributed by atoms with Crippen LogP contribution in [0.15, 0.2) is 48.7 Å². The molecule has 2 aliphatic heterocycles.